The molecule has 0 saturated carbocycles. The number of ketones is 2. The van der Waals surface area contributed by atoms with Gasteiger partial charge >= 0.3 is 11.9 Å². The Morgan fingerprint density at radius 1 is 0.571 bits per heavy atom. The van der Waals surface area contributed by atoms with Crippen LogP contribution in [0.1, 0.15) is 35.8 Å². The fraction of sp³-hybridized carbons (Fsp3) is 0.333. The van der Waals surface area contributed by atoms with Gasteiger partial charge in [0, 0.05) is 24.0 Å². The third kappa shape index (κ3) is 6.48. The molecule has 1 aliphatic carbocycles. The highest BCUT2D eigenvalue weighted by Gasteiger charge is 2.43. The maximum atomic E-state index is 13.8. The van der Waals surface area contributed by atoms with Gasteiger partial charge in [-0.2, -0.15) is 0 Å². The van der Waals surface area contributed by atoms with Crippen LogP contribution < -0.4 is 18.9 Å². The maximum Gasteiger partial charge on any atom is 0.306 e. The van der Waals surface area contributed by atoms with E-state index in [1.807, 2.05) is 0 Å². The van der Waals surface area contributed by atoms with Crippen molar-refractivity contribution in [3.05, 3.63) is 70.2 Å². The van der Waals surface area contributed by atoms with Crippen LogP contribution in [0, 0.1) is 0 Å². The van der Waals surface area contributed by atoms with E-state index in [-0.39, 0.29) is 11.1 Å². The lowest BCUT2D eigenvalue weighted by molar-refractivity contribution is -0.142. The maximum absolute atomic E-state index is 13.8. The zero-order valence-corrected chi connectivity index (χ0v) is 24.0. The zero-order valence-electron chi connectivity index (χ0n) is 24.0. The van der Waals surface area contributed by atoms with Crippen LogP contribution in [0.25, 0.3) is 0 Å². The Balaban J connectivity index is 2.24. The Morgan fingerprint density at radius 2 is 0.857 bits per heavy atom. The summed E-state index contributed by atoms with van der Waals surface area (Å²) in [5.74, 6) is -7.06. The average molecular weight is 585 g/mol. The second-order valence-corrected chi connectivity index (χ2v) is 9.14. The highest BCUT2D eigenvalue weighted by atomic mass is 16.5. The van der Waals surface area contributed by atoms with E-state index in [4.69, 9.17) is 28.4 Å². The predicted molar refractivity (Wildman–Crippen MR) is 147 cm³/mol. The van der Waals surface area contributed by atoms with Crippen LogP contribution in [0.5, 0.6) is 23.0 Å². The van der Waals surface area contributed by atoms with E-state index >= 15 is 0 Å². The SMILES string of the molecule is COC(=O)CC(C1=C(O)C(=O)C(C(CC(=O)OC)c2cc(OC)cc(OC)c2)=C(O)C1=O)c1cc(OC)cc(OC)c1. The van der Waals surface area contributed by atoms with Gasteiger partial charge in [0.1, 0.15) is 23.0 Å². The number of carbonyl (C=O) groups is 4. The van der Waals surface area contributed by atoms with Gasteiger partial charge in [0.05, 0.1) is 66.6 Å². The van der Waals surface area contributed by atoms with Crippen molar-refractivity contribution < 1.29 is 57.8 Å². The molecule has 1 aliphatic rings. The Bertz CT molecular complexity index is 1300. The number of ether oxygens (including phenoxy) is 6. The molecule has 0 saturated heterocycles. The van der Waals surface area contributed by atoms with Crippen molar-refractivity contribution in [3.63, 3.8) is 0 Å². The first kappa shape index (κ1) is 31.5. The summed E-state index contributed by atoms with van der Waals surface area (Å²) in [7, 11) is 7.88. The molecule has 0 aliphatic heterocycles. The van der Waals surface area contributed by atoms with Gasteiger partial charge in [0.2, 0.25) is 11.6 Å². The van der Waals surface area contributed by atoms with E-state index in [0.717, 1.165) is 14.2 Å². The molecule has 12 nitrogen and oxygen atoms in total. The summed E-state index contributed by atoms with van der Waals surface area (Å²) < 4.78 is 30.8. The van der Waals surface area contributed by atoms with Crippen LogP contribution in [0.15, 0.2) is 59.1 Å². The molecule has 2 N–H and O–H groups in total. The Kier molecular flexibility index (Phi) is 10.2. The van der Waals surface area contributed by atoms with Gasteiger partial charge in [-0.3, -0.25) is 19.2 Å². The first-order valence-corrected chi connectivity index (χ1v) is 12.6. The lowest BCUT2D eigenvalue weighted by Crippen LogP contribution is -2.31. The number of carbonyl (C=O) groups excluding carboxylic acids is 4. The number of hydrogen-bond donors (Lipinski definition) is 2. The number of methoxy groups -OCH3 is 6. The first-order valence-electron chi connectivity index (χ1n) is 12.6. The van der Waals surface area contributed by atoms with Crippen molar-refractivity contribution in [2.24, 2.45) is 0 Å². The lowest BCUT2D eigenvalue weighted by atomic mass is 9.75. The molecule has 0 radical (unpaired) electrons. The van der Waals surface area contributed by atoms with E-state index in [9.17, 15) is 29.4 Å². The van der Waals surface area contributed by atoms with Crippen LogP contribution in [0.4, 0.5) is 0 Å². The largest absolute Gasteiger partial charge is 0.504 e. The first-order chi connectivity index (χ1) is 20.0. The number of allylic oxidation sites excluding steroid dienone is 2. The van der Waals surface area contributed by atoms with Crippen molar-refractivity contribution in [1.29, 1.82) is 0 Å². The van der Waals surface area contributed by atoms with Crippen LogP contribution in [-0.4, -0.2) is 76.4 Å². The third-order valence-corrected chi connectivity index (χ3v) is 6.88. The molecule has 2 atom stereocenters. The minimum Gasteiger partial charge on any atom is -0.504 e. The quantitative estimate of drug-likeness (QED) is 0.276. The third-order valence-electron chi connectivity index (χ3n) is 6.88. The summed E-state index contributed by atoms with van der Waals surface area (Å²) in [5, 5.41) is 22.5. The average Bonchev–Trinajstić information content (AvgIpc) is 3.01. The van der Waals surface area contributed by atoms with E-state index in [1.54, 1.807) is 12.1 Å². The second-order valence-electron chi connectivity index (χ2n) is 9.14. The van der Waals surface area contributed by atoms with Gasteiger partial charge in [-0.25, -0.2) is 0 Å². The summed E-state index contributed by atoms with van der Waals surface area (Å²) in [5.41, 5.74) is -0.553. The normalized spacial score (nSPS) is 14.7. The smallest absolute Gasteiger partial charge is 0.306 e. The molecule has 0 fully saturated rings. The number of hydrogen-bond acceptors (Lipinski definition) is 12. The predicted octanol–water partition coefficient (Wildman–Crippen LogP) is 3.49. The van der Waals surface area contributed by atoms with E-state index in [1.165, 1.54) is 52.7 Å². The molecule has 2 aromatic rings. The number of Topliss-reactive ketones (excluding diaryl/α,β-unsaturated/α-hetero) is 2. The topological polar surface area (TPSA) is 164 Å². The number of esters is 2. The molecule has 0 bridgehead atoms. The number of aliphatic hydroxyl groups excluding tert-OH is 2. The molecule has 2 unspecified atom stereocenters. The number of aliphatic hydroxyl groups is 2. The van der Waals surface area contributed by atoms with Crippen molar-refractivity contribution in [2.75, 3.05) is 42.7 Å². The van der Waals surface area contributed by atoms with Crippen LogP contribution in [0.2, 0.25) is 0 Å². The molecule has 42 heavy (non-hydrogen) atoms. The summed E-state index contributed by atoms with van der Waals surface area (Å²) >= 11 is 0. The van der Waals surface area contributed by atoms with Crippen molar-refractivity contribution >= 4 is 23.5 Å². The summed E-state index contributed by atoms with van der Waals surface area (Å²) in [6.07, 6.45) is -0.959. The van der Waals surface area contributed by atoms with Gasteiger partial charge in [0.25, 0.3) is 0 Å². The standard InChI is InChI=1S/C30H32O12/c1-37-17-7-15(8-18(11-17)38-2)21(13-23(31)41-5)25-27(33)29(35)26(30(36)28(25)34)22(14-24(32)42-6)16-9-19(39-3)12-20(10-16)40-4/h7-12,21-22,33,36H,13-14H2,1-6H3. The Morgan fingerprint density at radius 3 is 1.10 bits per heavy atom. The molecular weight excluding hydrogens is 552 g/mol. The molecule has 224 valence electrons. The molecule has 0 heterocycles. The van der Waals surface area contributed by atoms with Gasteiger partial charge in [-0.05, 0) is 35.4 Å². The fourth-order valence-electron chi connectivity index (χ4n) is 4.70. The molecule has 0 spiro atoms. The van der Waals surface area contributed by atoms with Crippen molar-refractivity contribution in [1.82, 2.24) is 0 Å². The highest BCUT2D eigenvalue weighted by Crippen LogP contribution is 2.43. The number of benzene rings is 2. The highest BCUT2D eigenvalue weighted by molar-refractivity contribution is 6.24. The minimum absolute atomic E-state index is 0.263. The van der Waals surface area contributed by atoms with E-state index < -0.39 is 70.8 Å². The van der Waals surface area contributed by atoms with Gasteiger partial charge in [-0.1, -0.05) is 0 Å². The fourth-order valence-corrected chi connectivity index (χ4v) is 4.70. The van der Waals surface area contributed by atoms with Crippen LogP contribution >= 0.6 is 0 Å². The second kappa shape index (κ2) is 13.6. The Labute approximate surface area is 242 Å². The molecule has 12 heteroatoms. The van der Waals surface area contributed by atoms with E-state index in [2.05, 4.69) is 0 Å². The minimum atomic E-state index is -1.25. The summed E-state index contributed by atoms with van der Waals surface area (Å²) in [6, 6.07) is 9.08. The van der Waals surface area contributed by atoms with Crippen LogP contribution in [0.3, 0.4) is 0 Å². The van der Waals surface area contributed by atoms with Gasteiger partial charge in [0.15, 0.2) is 11.5 Å². The summed E-state index contributed by atoms with van der Waals surface area (Å²) in [4.78, 5) is 52.4. The molecule has 0 amide bonds. The number of rotatable bonds is 12. The molecule has 2 aromatic carbocycles. The molecular formula is C30H32O12. The van der Waals surface area contributed by atoms with E-state index in [0.29, 0.717) is 23.0 Å². The Hall–Kier alpha value is -5.00. The summed E-state index contributed by atoms with van der Waals surface area (Å²) in [6.45, 7) is 0. The van der Waals surface area contributed by atoms with Crippen LogP contribution in [-0.2, 0) is 28.7 Å². The van der Waals surface area contributed by atoms with Gasteiger partial charge in [-0.15, -0.1) is 0 Å². The monoisotopic (exact) mass is 584 g/mol. The van der Waals surface area contributed by atoms with Crippen molar-refractivity contribution in [3.8, 4) is 23.0 Å². The molecule has 0 aromatic heterocycles. The van der Waals surface area contributed by atoms with Crippen molar-refractivity contribution in [2.45, 2.75) is 24.7 Å². The lowest BCUT2D eigenvalue weighted by Gasteiger charge is -2.28. The zero-order chi connectivity index (χ0) is 31.1. The molecule has 3 rings (SSSR count). The van der Waals surface area contributed by atoms with Gasteiger partial charge < -0.3 is 38.6 Å².